The van der Waals surface area contributed by atoms with Crippen LogP contribution in [-0.4, -0.2) is 19.3 Å². The van der Waals surface area contributed by atoms with Crippen LogP contribution in [0.2, 0.25) is 0 Å². The maximum Gasteiger partial charge on any atom is 0.0480 e. The van der Waals surface area contributed by atoms with Crippen LogP contribution in [0.3, 0.4) is 0 Å². The van der Waals surface area contributed by atoms with E-state index in [-0.39, 0.29) is 0 Å². The Kier molecular flexibility index (Phi) is 4.51. The third kappa shape index (κ3) is 3.29. The van der Waals surface area contributed by atoms with E-state index in [2.05, 4.69) is 48.0 Å². The fourth-order valence-corrected chi connectivity index (χ4v) is 3.54. The molecule has 0 unspecified atom stereocenters. The maximum absolute atomic E-state index is 5.38. The quantitative estimate of drug-likeness (QED) is 0.918. The molecule has 2 heterocycles. The number of ether oxygens (including phenoxy) is 1. The fourth-order valence-electron chi connectivity index (χ4n) is 2.61. The molecule has 0 spiro atoms. The molecular weight excluding hydrogens is 266 g/mol. The standard InChI is InChI=1S/C17H21NOS/c1-13-8-11-20-17(13)15-4-2-14(3-5-15)12-18-16-6-9-19-10-7-16/h2-5,8,11,16,18H,6-7,9-10,12H2,1H3. The van der Waals surface area contributed by atoms with Crippen LogP contribution in [0.15, 0.2) is 35.7 Å². The molecule has 1 saturated heterocycles. The number of hydrogen-bond donors (Lipinski definition) is 1. The van der Waals surface area contributed by atoms with Crippen LogP contribution in [0.25, 0.3) is 10.4 Å². The minimum Gasteiger partial charge on any atom is -0.381 e. The van der Waals surface area contributed by atoms with E-state index in [1.165, 1.54) is 21.6 Å². The Hall–Kier alpha value is -1.16. The lowest BCUT2D eigenvalue weighted by atomic mass is 10.1. The summed E-state index contributed by atoms with van der Waals surface area (Å²) in [6.45, 7) is 4.92. The summed E-state index contributed by atoms with van der Waals surface area (Å²) in [5.74, 6) is 0. The summed E-state index contributed by atoms with van der Waals surface area (Å²) in [5.41, 5.74) is 4.05. The Morgan fingerprint density at radius 2 is 1.90 bits per heavy atom. The molecule has 0 atom stereocenters. The topological polar surface area (TPSA) is 21.3 Å². The van der Waals surface area contributed by atoms with Gasteiger partial charge in [-0.3, -0.25) is 0 Å². The highest BCUT2D eigenvalue weighted by Crippen LogP contribution is 2.29. The molecule has 3 rings (SSSR count). The lowest BCUT2D eigenvalue weighted by Gasteiger charge is -2.23. The van der Waals surface area contributed by atoms with Gasteiger partial charge in [0.2, 0.25) is 0 Å². The molecule has 106 valence electrons. The first-order chi connectivity index (χ1) is 9.83. The van der Waals surface area contributed by atoms with E-state index in [0.717, 1.165) is 32.6 Å². The molecule has 0 bridgehead atoms. The predicted octanol–water partition coefficient (Wildman–Crippen LogP) is 3.99. The van der Waals surface area contributed by atoms with Gasteiger partial charge in [-0.25, -0.2) is 0 Å². The first kappa shape index (κ1) is 13.8. The molecule has 2 aromatic rings. The van der Waals surface area contributed by atoms with Gasteiger partial charge >= 0.3 is 0 Å². The van der Waals surface area contributed by atoms with Crippen molar-refractivity contribution >= 4 is 11.3 Å². The van der Waals surface area contributed by atoms with Crippen molar-refractivity contribution in [2.45, 2.75) is 32.4 Å². The van der Waals surface area contributed by atoms with Crippen LogP contribution < -0.4 is 5.32 Å². The van der Waals surface area contributed by atoms with Crippen LogP contribution in [-0.2, 0) is 11.3 Å². The number of benzene rings is 1. The van der Waals surface area contributed by atoms with Gasteiger partial charge in [0.25, 0.3) is 0 Å². The highest BCUT2D eigenvalue weighted by molar-refractivity contribution is 7.13. The molecule has 1 aliphatic rings. The second-order valence-electron chi connectivity index (χ2n) is 5.40. The Bertz CT molecular complexity index is 540. The minimum atomic E-state index is 0.614. The Morgan fingerprint density at radius 1 is 1.15 bits per heavy atom. The molecule has 2 nitrogen and oxygen atoms in total. The van der Waals surface area contributed by atoms with Crippen LogP contribution in [0.1, 0.15) is 24.0 Å². The summed E-state index contributed by atoms with van der Waals surface area (Å²) in [5, 5.41) is 5.78. The molecule has 1 N–H and O–H groups in total. The van der Waals surface area contributed by atoms with Gasteiger partial charge in [-0.2, -0.15) is 0 Å². The van der Waals surface area contributed by atoms with E-state index in [1.807, 2.05) is 11.3 Å². The zero-order valence-electron chi connectivity index (χ0n) is 11.9. The van der Waals surface area contributed by atoms with Gasteiger partial charge < -0.3 is 10.1 Å². The molecule has 0 saturated carbocycles. The van der Waals surface area contributed by atoms with Crippen molar-refractivity contribution < 1.29 is 4.74 Å². The first-order valence-corrected chi connectivity index (χ1v) is 8.15. The van der Waals surface area contributed by atoms with E-state index in [4.69, 9.17) is 4.74 Å². The summed E-state index contributed by atoms with van der Waals surface area (Å²) in [7, 11) is 0. The SMILES string of the molecule is Cc1ccsc1-c1ccc(CNC2CCOCC2)cc1. The average Bonchev–Trinajstić information content (AvgIpc) is 2.93. The second kappa shape index (κ2) is 6.53. The normalized spacial score (nSPS) is 16.4. The van der Waals surface area contributed by atoms with Gasteiger partial charge in [0.1, 0.15) is 0 Å². The average molecular weight is 287 g/mol. The molecule has 1 aromatic heterocycles. The van der Waals surface area contributed by atoms with Gasteiger partial charge in [-0.05, 0) is 47.9 Å². The molecule has 0 amide bonds. The van der Waals surface area contributed by atoms with E-state index in [9.17, 15) is 0 Å². The summed E-state index contributed by atoms with van der Waals surface area (Å²) < 4.78 is 5.38. The molecule has 0 aliphatic carbocycles. The highest BCUT2D eigenvalue weighted by atomic mass is 32.1. The fraction of sp³-hybridized carbons (Fsp3) is 0.412. The molecule has 3 heteroatoms. The third-order valence-electron chi connectivity index (χ3n) is 3.89. The van der Waals surface area contributed by atoms with Crippen molar-refractivity contribution in [1.82, 2.24) is 5.32 Å². The van der Waals surface area contributed by atoms with Crippen LogP contribution in [0.4, 0.5) is 0 Å². The molecule has 20 heavy (non-hydrogen) atoms. The predicted molar refractivity (Wildman–Crippen MR) is 85.2 cm³/mol. The number of rotatable bonds is 4. The van der Waals surface area contributed by atoms with Crippen LogP contribution >= 0.6 is 11.3 Å². The van der Waals surface area contributed by atoms with Gasteiger partial charge in [0.15, 0.2) is 0 Å². The zero-order valence-corrected chi connectivity index (χ0v) is 12.7. The summed E-state index contributed by atoms with van der Waals surface area (Å²) in [6.07, 6.45) is 2.26. The monoisotopic (exact) mass is 287 g/mol. The van der Waals surface area contributed by atoms with E-state index >= 15 is 0 Å². The number of aryl methyl sites for hydroxylation is 1. The van der Waals surface area contributed by atoms with Crippen molar-refractivity contribution in [3.8, 4) is 10.4 Å². The Morgan fingerprint density at radius 3 is 2.55 bits per heavy atom. The first-order valence-electron chi connectivity index (χ1n) is 7.27. The number of hydrogen-bond acceptors (Lipinski definition) is 3. The van der Waals surface area contributed by atoms with Crippen molar-refractivity contribution in [2.24, 2.45) is 0 Å². The van der Waals surface area contributed by atoms with Gasteiger partial charge in [-0.1, -0.05) is 24.3 Å². The number of nitrogens with one attached hydrogen (secondary N) is 1. The molecule has 1 aromatic carbocycles. The smallest absolute Gasteiger partial charge is 0.0480 e. The van der Waals surface area contributed by atoms with E-state index in [0.29, 0.717) is 6.04 Å². The lowest BCUT2D eigenvalue weighted by Crippen LogP contribution is -2.34. The molecule has 1 aliphatic heterocycles. The van der Waals surface area contributed by atoms with Gasteiger partial charge in [-0.15, -0.1) is 11.3 Å². The third-order valence-corrected chi connectivity index (χ3v) is 4.96. The van der Waals surface area contributed by atoms with Crippen LogP contribution in [0.5, 0.6) is 0 Å². The minimum absolute atomic E-state index is 0.614. The maximum atomic E-state index is 5.38. The largest absolute Gasteiger partial charge is 0.381 e. The Labute approximate surface area is 124 Å². The number of thiophene rings is 1. The summed E-state index contributed by atoms with van der Waals surface area (Å²) in [4.78, 5) is 1.38. The van der Waals surface area contributed by atoms with Crippen molar-refractivity contribution in [3.05, 3.63) is 46.8 Å². The summed E-state index contributed by atoms with van der Waals surface area (Å²) in [6, 6.07) is 11.7. The van der Waals surface area contributed by atoms with E-state index in [1.54, 1.807) is 0 Å². The van der Waals surface area contributed by atoms with E-state index < -0.39 is 0 Å². The molecule has 1 fully saturated rings. The van der Waals surface area contributed by atoms with Gasteiger partial charge in [0, 0.05) is 30.7 Å². The molecular formula is C17H21NOS. The van der Waals surface area contributed by atoms with Crippen molar-refractivity contribution in [1.29, 1.82) is 0 Å². The van der Waals surface area contributed by atoms with Crippen molar-refractivity contribution in [2.75, 3.05) is 13.2 Å². The summed E-state index contributed by atoms with van der Waals surface area (Å²) >= 11 is 1.82. The molecule has 0 radical (unpaired) electrons. The second-order valence-corrected chi connectivity index (χ2v) is 6.31. The highest BCUT2D eigenvalue weighted by Gasteiger charge is 2.12. The zero-order chi connectivity index (χ0) is 13.8. The van der Waals surface area contributed by atoms with Crippen LogP contribution in [0, 0.1) is 6.92 Å². The van der Waals surface area contributed by atoms with Crippen molar-refractivity contribution in [3.63, 3.8) is 0 Å². The Balaban J connectivity index is 1.60. The lowest BCUT2D eigenvalue weighted by molar-refractivity contribution is 0.0776. The van der Waals surface area contributed by atoms with Gasteiger partial charge in [0.05, 0.1) is 0 Å².